The molecule has 1 N–H and O–H groups in total. The van der Waals surface area contributed by atoms with E-state index in [9.17, 15) is 18.4 Å². The molecule has 2 bridgehead atoms. The molecular formula is C32H35F2NO7. The highest BCUT2D eigenvalue weighted by molar-refractivity contribution is 6.06. The molecule has 0 radical (unpaired) electrons. The molecule has 4 heterocycles. The summed E-state index contributed by atoms with van der Waals surface area (Å²) < 4.78 is 44.9. The van der Waals surface area contributed by atoms with Gasteiger partial charge in [-0.3, -0.25) is 9.59 Å². The van der Waals surface area contributed by atoms with E-state index in [0.717, 1.165) is 31.4 Å². The van der Waals surface area contributed by atoms with E-state index in [4.69, 9.17) is 24.0 Å². The second-order valence-corrected chi connectivity index (χ2v) is 12.1. The standard InChI is InChI=1S/C32H35F2NO7/c1-18-4-11-24-19(2)29(39-30-32(24)23(18)14-15-31(3,40-30)41-42-32)35-28(37)17-38-22-9-7-21(8-10-22)27(36)13-6-20-5-12-25(33)26(34)16-20/h5-10,12-13,16,18-19,23-24,29-30H,4,11,14-15,17H2,1-3H3,(H,35,37)/b13-6+/t18-,19-,23+,24+,29-,30-,31-,32-/m1/s1. The summed E-state index contributed by atoms with van der Waals surface area (Å²) in [5.41, 5.74) is 0.0429. The van der Waals surface area contributed by atoms with Crippen LogP contribution in [0, 0.1) is 35.3 Å². The summed E-state index contributed by atoms with van der Waals surface area (Å²) in [5, 5.41) is 2.97. The molecular weight excluding hydrogens is 548 g/mol. The Kier molecular flexibility index (Phi) is 7.67. The lowest BCUT2D eigenvalue weighted by molar-refractivity contribution is -0.571. The summed E-state index contributed by atoms with van der Waals surface area (Å²) in [6, 6.07) is 9.71. The van der Waals surface area contributed by atoms with Gasteiger partial charge in [0, 0.05) is 23.8 Å². The largest absolute Gasteiger partial charge is 0.484 e. The Morgan fingerprint density at radius 2 is 1.81 bits per heavy atom. The first-order valence-corrected chi connectivity index (χ1v) is 14.5. The molecule has 2 aromatic carbocycles. The van der Waals surface area contributed by atoms with E-state index < -0.39 is 35.5 Å². The summed E-state index contributed by atoms with van der Waals surface area (Å²) in [6.07, 6.45) is 5.09. The molecule has 5 fully saturated rings. The van der Waals surface area contributed by atoms with Gasteiger partial charge >= 0.3 is 0 Å². The van der Waals surface area contributed by atoms with Crippen LogP contribution in [0.3, 0.4) is 0 Å². The number of halogens is 2. The molecule has 8 atom stereocenters. The number of ether oxygens (including phenoxy) is 3. The van der Waals surface area contributed by atoms with Crippen molar-refractivity contribution in [1.82, 2.24) is 5.32 Å². The van der Waals surface area contributed by atoms with Crippen LogP contribution in [0.5, 0.6) is 5.75 Å². The van der Waals surface area contributed by atoms with Crippen molar-refractivity contribution in [3.63, 3.8) is 0 Å². The quantitative estimate of drug-likeness (QED) is 0.259. The highest BCUT2D eigenvalue weighted by atomic mass is 19.2. The Hall–Kier alpha value is -3.18. The number of carbonyl (C=O) groups is 2. The number of hydrogen-bond acceptors (Lipinski definition) is 7. The number of ketones is 1. The number of allylic oxidation sites excluding steroid dienone is 1. The highest BCUT2D eigenvalue weighted by Gasteiger charge is 2.69. The third-order valence-corrected chi connectivity index (χ3v) is 9.34. The minimum Gasteiger partial charge on any atom is -0.484 e. The molecule has 4 aliphatic heterocycles. The van der Waals surface area contributed by atoms with Crippen LogP contribution in [-0.2, 0) is 24.0 Å². The number of amides is 1. The zero-order chi connectivity index (χ0) is 29.6. The number of carbonyl (C=O) groups excluding carboxylic acids is 2. The molecule has 224 valence electrons. The fourth-order valence-corrected chi connectivity index (χ4v) is 7.02. The van der Waals surface area contributed by atoms with E-state index in [-0.39, 0.29) is 36.1 Å². The Morgan fingerprint density at radius 1 is 1.02 bits per heavy atom. The van der Waals surface area contributed by atoms with Gasteiger partial charge in [-0.1, -0.05) is 26.0 Å². The van der Waals surface area contributed by atoms with Crippen molar-refractivity contribution in [1.29, 1.82) is 0 Å². The number of rotatable bonds is 7. The van der Waals surface area contributed by atoms with Crippen LogP contribution in [0.25, 0.3) is 6.08 Å². The molecule has 1 saturated carbocycles. The van der Waals surface area contributed by atoms with Gasteiger partial charge in [0.05, 0.1) is 0 Å². The summed E-state index contributed by atoms with van der Waals surface area (Å²) in [6.45, 7) is 5.94. The van der Waals surface area contributed by atoms with E-state index in [2.05, 4.69) is 19.2 Å². The van der Waals surface area contributed by atoms with Crippen molar-refractivity contribution in [3.05, 3.63) is 71.3 Å². The topological polar surface area (TPSA) is 92.3 Å². The van der Waals surface area contributed by atoms with Gasteiger partial charge in [-0.2, -0.15) is 0 Å². The summed E-state index contributed by atoms with van der Waals surface area (Å²) >= 11 is 0. The van der Waals surface area contributed by atoms with E-state index in [1.54, 1.807) is 24.3 Å². The molecule has 42 heavy (non-hydrogen) atoms. The molecule has 8 nitrogen and oxygen atoms in total. The zero-order valence-corrected chi connectivity index (χ0v) is 23.8. The van der Waals surface area contributed by atoms with Crippen LogP contribution in [0.2, 0.25) is 0 Å². The first-order valence-electron chi connectivity index (χ1n) is 14.5. The Labute approximate surface area is 243 Å². The van der Waals surface area contributed by atoms with Crippen molar-refractivity contribution < 1.29 is 42.4 Å². The zero-order valence-electron chi connectivity index (χ0n) is 23.8. The van der Waals surface area contributed by atoms with Gasteiger partial charge in [0.15, 0.2) is 35.9 Å². The van der Waals surface area contributed by atoms with E-state index in [1.165, 1.54) is 18.2 Å². The average Bonchev–Trinajstić information content (AvgIpc) is 3.21. The Balaban J connectivity index is 1.05. The van der Waals surface area contributed by atoms with Crippen molar-refractivity contribution in [2.24, 2.45) is 23.7 Å². The van der Waals surface area contributed by atoms with Crippen LogP contribution < -0.4 is 10.1 Å². The van der Waals surface area contributed by atoms with Crippen LogP contribution in [0.1, 0.15) is 62.4 Å². The predicted octanol–water partition coefficient (Wildman–Crippen LogP) is 5.56. The molecule has 0 aromatic heterocycles. The molecule has 0 unspecified atom stereocenters. The summed E-state index contributed by atoms with van der Waals surface area (Å²) in [7, 11) is 0. The molecule has 1 spiro atoms. The molecule has 1 amide bonds. The maximum atomic E-state index is 13.4. The minimum atomic E-state index is -0.983. The first kappa shape index (κ1) is 28.9. The van der Waals surface area contributed by atoms with E-state index in [1.807, 2.05) is 6.92 Å². The third kappa shape index (κ3) is 5.25. The van der Waals surface area contributed by atoms with Gasteiger partial charge in [-0.15, -0.1) is 0 Å². The molecule has 10 heteroatoms. The normalized spacial score (nSPS) is 35.4. The van der Waals surface area contributed by atoms with E-state index >= 15 is 0 Å². The molecule has 4 saturated heterocycles. The smallest absolute Gasteiger partial charge is 0.259 e. The SMILES string of the molecule is C[C@H]1[C@H](NC(=O)COc2ccc(C(=O)/C=C/c3ccc(F)c(F)c3)cc2)O[C@@H]2O[C@@]3(C)CC[C@H]4[C@H](C)CC[C@@H]1[C@@]24OO3. The van der Waals surface area contributed by atoms with Crippen LogP contribution >= 0.6 is 0 Å². The number of benzene rings is 2. The molecule has 7 rings (SSSR count). The predicted molar refractivity (Wildman–Crippen MR) is 147 cm³/mol. The van der Waals surface area contributed by atoms with Gasteiger partial charge in [0.2, 0.25) is 5.79 Å². The lowest BCUT2D eigenvalue weighted by Crippen LogP contribution is -2.72. The maximum absolute atomic E-state index is 13.4. The van der Waals surface area contributed by atoms with Crippen molar-refractivity contribution >= 4 is 17.8 Å². The molecule has 5 aliphatic rings. The summed E-state index contributed by atoms with van der Waals surface area (Å²) in [4.78, 5) is 37.4. The third-order valence-electron chi connectivity index (χ3n) is 9.34. The Morgan fingerprint density at radius 3 is 2.57 bits per heavy atom. The number of fused-ring (bicyclic) bond motifs is 2. The number of nitrogens with one attached hydrogen (secondary N) is 1. The molecule has 1 aliphatic carbocycles. The lowest BCUT2D eigenvalue weighted by atomic mass is 9.58. The lowest BCUT2D eigenvalue weighted by Gasteiger charge is -2.60. The van der Waals surface area contributed by atoms with Crippen molar-refractivity contribution in [2.75, 3.05) is 6.61 Å². The van der Waals surface area contributed by atoms with Crippen LogP contribution in [0.4, 0.5) is 8.78 Å². The fourth-order valence-electron chi connectivity index (χ4n) is 7.02. The maximum Gasteiger partial charge on any atom is 0.259 e. The summed E-state index contributed by atoms with van der Waals surface area (Å²) in [5.74, 6) is -2.34. The van der Waals surface area contributed by atoms with E-state index in [0.29, 0.717) is 29.2 Å². The number of hydrogen-bond donors (Lipinski definition) is 1. The monoisotopic (exact) mass is 583 g/mol. The van der Waals surface area contributed by atoms with Gasteiger partial charge in [-0.05, 0) is 86.1 Å². The van der Waals surface area contributed by atoms with Gasteiger partial charge < -0.3 is 19.5 Å². The van der Waals surface area contributed by atoms with Crippen LogP contribution in [0.15, 0.2) is 48.5 Å². The first-order chi connectivity index (χ1) is 20.1. The van der Waals surface area contributed by atoms with Gasteiger partial charge in [-0.25, -0.2) is 18.6 Å². The average molecular weight is 584 g/mol. The Bertz CT molecular complexity index is 1380. The fraction of sp³-hybridized carbons (Fsp3) is 0.500. The van der Waals surface area contributed by atoms with Gasteiger partial charge in [0.1, 0.15) is 12.0 Å². The van der Waals surface area contributed by atoms with Crippen molar-refractivity contribution in [3.8, 4) is 5.75 Å². The van der Waals surface area contributed by atoms with Crippen molar-refractivity contribution in [2.45, 2.75) is 70.4 Å². The second kappa shape index (κ2) is 11.1. The second-order valence-electron chi connectivity index (χ2n) is 12.1. The van der Waals surface area contributed by atoms with Crippen LogP contribution in [-0.4, -0.2) is 42.2 Å². The minimum absolute atomic E-state index is 0.0420. The van der Waals surface area contributed by atoms with Gasteiger partial charge in [0.25, 0.3) is 5.91 Å². The highest BCUT2D eigenvalue weighted by Crippen LogP contribution is 2.60. The molecule has 2 aromatic rings.